The molecule has 3 nitrogen and oxygen atoms in total. The average Bonchev–Trinajstić information content (AvgIpc) is 2.34. The van der Waals surface area contributed by atoms with Crippen LogP contribution in [-0.4, -0.2) is 18.2 Å². The number of benzene rings is 1. The van der Waals surface area contributed by atoms with Crippen LogP contribution in [0.5, 0.6) is 5.75 Å². The minimum Gasteiger partial charge on any atom is -0.508 e. The first-order chi connectivity index (χ1) is 8.17. The van der Waals surface area contributed by atoms with E-state index in [1.54, 1.807) is 18.2 Å². The zero-order chi connectivity index (χ0) is 12.7. The highest BCUT2D eigenvalue weighted by atomic mass is 16.5. The van der Waals surface area contributed by atoms with Crippen molar-refractivity contribution in [1.29, 1.82) is 0 Å². The van der Waals surface area contributed by atoms with Crippen molar-refractivity contribution in [3.05, 3.63) is 29.8 Å². The SMILES string of the molecule is CCCC[C@H](CC(=O)OC)c1cccc(O)c1. The summed E-state index contributed by atoms with van der Waals surface area (Å²) in [5.74, 6) is 0.179. The summed E-state index contributed by atoms with van der Waals surface area (Å²) in [6, 6.07) is 7.12. The normalized spacial score (nSPS) is 12.1. The lowest BCUT2D eigenvalue weighted by Gasteiger charge is -2.16. The van der Waals surface area contributed by atoms with Gasteiger partial charge in [-0.05, 0) is 30.0 Å². The van der Waals surface area contributed by atoms with E-state index in [0.29, 0.717) is 6.42 Å². The molecular formula is C14H20O3. The minimum absolute atomic E-state index is 0.134. The summed E-state index contributed by atoms with van der Waals surface area (Å²) in [4.78, 5) is 11.4. The number of carbonyl (C=O) groups excluding carboxylic acids is 1. The van der Waals surface area contributed by atoms with Gasteiger partial charge in [0.25, 0.3) is 0 Å². The molecule has 1 rings (SSSR count). The second-order valence-electron chi connectivity index (χ2n) is 4.21. The van der Waals surface area contributed by atoms with E-state index in [2.05, 4.69) is 6.92 Å². The smallest absolute Gasteiger partial charge is 0.306 e. The molecule has 0 aliphatic heterocycles. The van der Waals surface area contributed by atoms with Gasteiger partial charge in [-0.1, -0.05) is 31.9 Å². The number of rotatable bonds is 6. The Bertz CT molecular complexity index is 360. The third-order valence-corrected chi connectivity index (χ3v) is 2.89. The van der Waals surface area contributed by atoms with Gasteiger partial charge in [0.2, 0.25) is 0 Å². The van der Waals surface area contributed by atoms with Crippen molar-refractivity contribution in [2.24, 2.45) is 0 Å². The Kier molecular flexibility index (Phi) is 5.53. The molecule has 0 aliphatic rings. The molecule has 1 aromatic carbocycles. The van der Waals surface area contributed by atoms with Crippen LogP contribution in [-0.2, 0) is 9.53 Å². The van der Waals surface area contributed by atoms with E-state index < -0.39 is 0 Å². The summed E-state index contributed by atoms with van der Waals surface area (Å²) in [6.45, 7) is 2.12. The molecule has 0 aliphatic carbocycles. The van der Waals surface area contributed by atoms with Crippen LogP contribution in [0, 0.1) is 0 Å². The van der Waals surface area contributed by atoms with Gasteiger partial charge in [-0.3, -0.25) is 4.79 Å². The summed E-state index contributed by atoms with van der Waals surface area (Å²) < 4.78 is 4.71. The molecular weight excluding hydrogens is 216 g/mol. The zero-order valence-electron chi connectivity index (χ0n) is 10.5. The molecule has 0 aromatic heterocycles. The third kappa shape index (κ3) is 4.47. The lowest BCUT2D eigenvalue weighted by atomic mass is 9.90. The van der Waals surface area contributed by atoms with Crippen molar-refractivity contribution in [3.8, 4) is 5.75 Å². The van der Waals surface area contributed by atoms with Gasteiger partial charge in [0, 0.05) is 0 Å². The maximum atomic E-state index is 11.4. The number of esters is 1. The third-order valence-electron chi connectivity index (χ3n) is 2.89. The molecule has 0 radical (unpaired) electrons. The van der Waals surface area contributed by atoms with Crippen LogP contribution in [0.3, 0.4) is 0 Å². The highest BCUT2D eigenvalue weighted by molar-refractivity contribution is 5.70. The van der Waals surface area contributed by atoms with Gasteiger partial charge in [-0.25, -0.2) is 0 Å². The number of phenolic OH excluding ortho intramolecular Hbond substituents is 1. The van der Waals surface area contributed by atoms with Crippen LogP contribution in [0.15, 0.2) is 24.3 Å². The molecule has 0 amide bonds. The monoisotopic (exact) mass is 236 g/mol. The van der Waals surface area contributed by atoms with Crippen molar-refractivity contribution >= 4 is 5.97 Å². The maximum Gasteiger partial charge on any atom is 0.306 e. The van der Waals surface area contributed by atoms with Crippen molar-refractivity contribution in [2.75, 3.05) is 7.11 Å². The first-order valence-corrected chi connectivity index (χ1v) is 6.03. The van der Waals surface area contributed by atoms with Gasteiger partial charge >= 0.3 is 5.97 Å². The first-order valence-electron chi connectivity index (χ1n) is 6.03. The lowest BCUT2D eigenvalue weighted by molar-refractivity contribution is -0.141. The molecule has 0 unspecified atom stereocenters. The Balaban J connectivity index is 2.77. The molecule has 0 bridgehead atoms. The number of carbonyl (C=O) groups is 1. The Hall–Kier alpha value is -1.51. The molecule has 0 fully saturated rings. The van der Waals surface area contributed by atoms with Crippen molar-refractivity contribution in [1.82, 2.24) is 0 Å². The number of phenols is 1. The zero-order valence-corrected chi connectivity index (χ0v) is 10.5. The molecule has 94 valence electrons. The van der Waals surface area contributed by atoms with Gasteiger partial charge in [0.05, 0.1) is 13.5 Å². The quantitative estimate of drug-likeness (QED) is 0.771. The summed E-state index contributed by atoms with van der Waals surface area (Å²) in [6.07, 6.45) is 3.48. The number of aromatic hydroxyl groups is 1. The predicted molar refractivity (Wildman–Crippen MR) is 67.0 cm³/mol. The molecule has 1 N–H and O–H groups in total. The van der Waals surface area contributed by atoms with Crippen LogP contribution in [0.2, 0.25) is 0 Å². The second-order valence-corrected chi connectivity index (χ2v) is 4.21. The highest BCUT2D eigenvalue weighted by Gasteiger charge is 2.16. The fourth-order valence-electron chi connectivity index (χ4n) is 1.90. The Morgan fingerprint density at radius 1 is 1.47 bits per heavy atom. The molecule has 1 atom stereocenters. The van der Waals surface area contributed by atoms with E-state index in [9.17, 15) is 9.90 Å². The molecule has 0 heterocycles. The summed E-state index contributed by atoms with van der Waals surface area (Å²) in [5, 5.41) is 9.46. The summed E-state index contributed by atoms with van der Waals surface area (Å²) >= 11 is 0. The fraction of sp³-hybridized carbons (Fsp3) is 0.500. The lowest BCUT2D eigenvalue weighted by Crippen LogP contribution is -2.08. The summed E-state index contributed by atoms with van der Waals surface area (Å²) in [5.41, 5.74) is 1.00. The van der Waals surface area contributed by atoms with Crippen LogP contribution in [0.1, 0.15) is 44.1 Å². The largest absolute Gasteiger partial charge is 0.508 e. The minimum atomic E-state index is -0.200. The van der Waals surface area contributed by atoms with E-state index in [1.165, 1.54) is 7.11 Å². The predicted octanol–water partition coefficient (Wildman–Crippen LogP) is 3.23. The first kappa shape index (κ1) is 13.6. The number of hydrogen-bond acceptors (Lipinski definition) is 3. The van der Waals surface area contributed by atoms with E-state index in [-0.39, 0.29) is 17.6 Å². The molecule has 1 aromatic rings. The van der Waals surface area contributed by atoms with Gasteiger partial charge in [-0.15, -0.1) is 0 Å². The van der Waals surface area contributed by atoms with Gasteiger partial charge < -0.3 is 9.84 Å². The molecule has 0 spiro atoms. The Morgan fingerprint density at radius 2 is 2.24 bits per heavy atom. The van der Waals surface area contributed by atoms with Crippen molar-refractivity contribution < 1.29 is 14.6 Å². The van der Waals surface area contributed by atoms with Crippen LogP contribution in [0.25, 0.3) is 0 Å². The maximum absolute atomic E-state index is 11.4. The Morgan fingerprint density at radius 3 is 2.82 bits per heavy atom. The van der Waals surface area contributed by atoms with Crippen LogP contribution >= 0.6 is 0 Å². The average molecular weight is 236 g/mol. The second kappa shape index (κ2) is 6.94. The number of hydrogen-bond donors (Lipinski definition) is 1. The molecule has 0 saturated heterocycles. The number of methoxy groups -OCH3 is 1. The van der Waals surface area contributed by atoms with E-state index >= 15 is 0 Å². The van der Waals surface area contributed by atoms with Crippen LogP contribution in [0.4, 0.5) is 0 Å². The molecule has 0 saturated carbocycles. The topological polar surface area (TPSA) is 46.5 Å². The Labute approximate surface area is 102 Å². The van der Waals surface area contributed by atoms with E-state index in [0.717, 1.165) is 24.8 Å². The van der Waals surface area contributed by atoms with Crippen LogP contribution < -0.4 is 0 Å². The van der Waals surface area contributed by atoms with Crippen molar-refractivity contribution in [3.63, 3.8) is 0 Å². The van der Waals surface area contributed by atoms with E-state index in [1.807, 2.05) is 6.07 Å². The molecule has 17 heavy (non-hydrogen) atoms. The van der Waals surface area contributed by atoms with Crippen molar-refractivity contribution in [2.45, 2.75) is 38.5 Å². The number of unbranched alkanes of at least 4 members (excludes halogenated alkanes) is 1. The van der Waals surface area contributed by atoms with Gasteiger partial charge in [0.15, 0.2) is 0 Å². The van der Waals surface area contributed by atoms with Gasteiger partial charge in [0.1, 0.15) is 5.75 Å². The molecule has 3 heteroatoms. The number of ether oxygens (including phenoxy) is 1. The standard InChI is InChI=1S/C14H20O3/c1-3-4-6-12(10-14(16)17-2)11-7-5-8-13(15)9-11/h5,7-9,12,15H,3-4,6,10H2,1-2H3/t12-/m1/s1. The summed E-state index contributed by atoms with van der Waals surface area (Å²) in [7, 11) is 1.40. The van der Waals surface area contributed by atoms with E-state index in [4.69, 9.17) is 4.74 Å². The van der Waals surface area contributed by atoms with Gasteiger partial charge in [-0.2, -0.15) is 0 Å². The highest BCUT2D eigenvalue weighted by Crippen LogP contribution is 2.28. The fourth-order valence-corrected chi connectivity index (χ4v) is 1.90.